The van der Waals surface area contributed by atoms with E-state index in [4.69, 9.17) is 16.3 Å². The van der Waals surface area contributed by atoms with E-state index in [1.165, 1.54) is 6.07 Å². The van der Waals surface area contributed by atoms with Crippen LogP contribution in [0.2, 0.25) is 5.02 Å². The van der Waals surface area contributed by atoms with Crippen molar-refractivity contribution in [3.63, 3.8) is 0 Å². The van der Waals surface area contributed by atoms with E-state index in [9.17, 15) is 13.6 Å². The first-order chi connectivity index (χ1) is 9.04. The molecule has 0 amide bonds. The molecule has 0 radical (unpaired) electrons. The number of hydrogen-bond acceptors (Lipinski definition) is 2. The van der Waals surface area contributed by atoms with Gasteiger partial charge in [0, 0.05) is 28.8 Å². The Morgan fingerprint density at radius 3 is 2.42 bits per heavy atom. The highest BCUT2D eigenvalue weighted by Gasteiger charge is 2.08. The largest absolute Gasteiger partial charge is 0.485 e. The Kier molecular flexibility index (Phi) is 4.12. The molecule has 5 heteroatoms. The molecule has 0 saturated carbocycles. The fraction of sp³-hybridized carbons (Fsp3) is 0.0714. The van der Waals surface area contributed by atoms with Gasteiger partial charge in [-0.2, -0.15) is 0 Å². The van der Waals surface area contributed by atoms with Crippen LogP contribution >= 0.6 is 11.6 Å². The molecular formula is C14H9ClF2O2. The number of halogens is 3. The van der Waals surface area contributed by atoms with Gasteiger partial charge in [-0.3, -0.25) is 4.79 Å². The lowest BCUT2D eigenvalue weighted by atomic mass is 10.1. The SMILES string of the molecule is O=C(COc1cc(F)cc(F)c1)c1cccc(Cl)c1. The van der Waals surface area contributed by atoms with E-state index < -0.39 is 11.6 Å². The molecule has 0 aliphatic heterocycles. The molecule has 0 aliphatic rings. The van der Waals surface area contributed by atoms with Gasteiger partial charge in [-0.05, 0) is 12.1 Å². The van der Waals surface area contributed by atoms with Gasteiger partial charge in [0.05, 0.1) is 0 Å². The summed E-state index contributed by atoms with van der Waals surface area (Å²) < 4.78 is 30.9. The van der Waals surface area contributed by atoms with Crippen molar-refractivity contribution < 1.29 is 18.3 Å². The number of benzene rings is 2. The molecular weight excluding hydrogens is 274 g/mol. The van der Waals surface area contributed by atoms with Crippen LogP contribution in [-0.2, 0) is 0 Å². The zero-order chi connectivity index (χ0) is 13.8. The molecule has 2 aromatic rings. The summed E-state index contributed by atoms with van der Waals surface area (Å²) in [6, 6.07) is 9.11. The van der Waals surface area contributed by atoms with Crippen LogP contribution in [0.25, 0.3) is 0 Å². The first kappa shape index (κ1) is 13.5. The summed E-state index contributed by atoms with van der Waals surface area (Å²) in [4.78, 5) is 11.8. The maximum absolute atomic E-state index is 12.9. The summed E-state index contributed by atoms with van der Waals surface area (Å²) in [5.74, 6) is -1.88. The quantitative estimate of drug-likeness (QED) is 0.796. The number of Topliss-reactive ketones (excluding diaryl/α,β-unsaturated/α-hetero) is 1. The highest BCUT2D eigenvalue weighted by molar-refractivity contribution is 6.31. The predicted octanol–water partition coefficient (Wildman–Crippen LogP) is 3.88. The lowest BCUT2D eigenvalue weighted by Crippen LogP contribution is -2.11. The zero-order valence-corrected chi connectivity index (χ0v) is 10.5. The van der Waals surface area contributed by atoms with Gasteiger partial charge in [0.25, 0.3) is 0 Å². The highest BCUT2D eigenvalue weighted by Crippen LogP contribution is 2.16. The van der Waals surface area contributed by atoms with Crippen molar-refractivity contribution in [2.24, 2.45) is 0 Å². The molecule has 0 N–H and O–H groups in total. The molecule has 0 bridgehead atoms. The van der Waals surface area contributed by atoms with E-state index >= 15 is 0 Å². The van der Waals surface area contributed by atoms with Gasteiger partial charge in [0.1, 0.15) is 17.4 Å². The molecule has 98 valence electrons. The van der Waals surface area contributed by atoms with Crippen molar-refractivity contribution >= 4 is 17.4 Å². The Bertz CT molecular complexity index is 594. The van der Waals surface area contributed by atoms with Crippen molar-refractivity contribution in [3.05, 3.63) is 64.7 Å². The van der Waals surface area contributed by atoms with Crippen LogP contribution in [0.3, 0.4) is 0 Å². The first-order valence-corrected chi connectivity index (χ1v) is 5.80. The molecule has 0 saturated heterocycles. The van der Waals surface area contributed by atoms with E-state index in [0.717, 1.165) is 18.2 Å². The second-order valence-electron chi connectivity index (χ2n) is 3.83. The van der Waals surface area contributed by atoms with E-state index in [2.05, 4.69) is 0 Å². The fourth-order valence-electron chi connectivity index (χ4n) is 1.51. The van der Waals surface area contributed by atoms with Crippen molar-refractivity contribution in [1.29, 1.82) is 0 Å². The topological polar surface area (TPSA) is 26.3 Å². The minimum atomic E-state index is -0.759. The highest BCUT2D eigenvalue weighted by atomic mass is 35.5. The van der Waals surface area contributed by atoms with E-state index in [-0.39, 0.29) is 18.1 Å². The number of ether oxygens (including phenoxy) is 1. The van der Waals surface area contributed by atoms with E-state index in [1.807, 2.05) is 0 Å². The average molecular weight is 283 g/mol. The van der Waals surface area contributed by atoms with Gasteiger partial charge >= 0.3 is 0 Å². The number of ketones is 1. The third kappa shape index (κ3) is 3.76. The third-order valence-corrected chi connectivity index (χ3v) is 2.59. The van der Waals surface area contributed by atoms with Crippen molar-refractivity contribution in [2.45, 2.75) is 0 Å². The van der Waals surface area contributed by atoms with Crippen LogP contribution in [0.1, 0.15) is 10.4 Å². The molecule has 19 heavy (non-hydrogen) atoms. The fourth-order valence-corrected chi connectivity index (χ4v) is 1.70. The second kappa shape index (κ2) is 5.80. The van der Waals surface area contributed by atoms with E-state index in [1.54, 1.807) is 18.2 Å². The molecule has 2 rings (SSSR count). The number of carbonyl (C=O) groups is 1. The van der Waals surface area contributed by atoms with Crippen LogP contribution < -0.4 is 4.74 Å². The standard InChI is InChI=1S/C14H9ClF2O2/c15-10-3-1-2-9(4-10)14(18)8-19-13-6-11(16)5-12(17)7-13/h1-7H,8H2. The summed E-state index contributed by atoms with van der Waals surface area (Å²) in [7, 11) is 0. The Hall–Kier alpha value is -1.94. The molecule has 0 heterocycles. The van der Waals surface area contributed by atoms with Gasteiger partial charge in [0.2, 0.25) is 0 Å². The minimum absolute atomic E-state index is 0.0344. The maximum atomic E-state index is 12.9. The molecule has 2 nitrogen and oxygen atoms in total. The first-order valence-electron chi connectivity index (χ1n) is 5.42. The molecule has 0 aliphatic carbocycles. The summed E-state index contributed by atoms with van der Waals surface area (Å²) in [6.07, 6.45) is 0. The normalized spacial score (nSPS) is 10.3. The van der Waals surface area contributed by atoms with Crippen LogP contribution in [0.5, 0.6) is 5.75 Å². The van der Waals surface area contributed by atoms with Gasteiger partial charge in [-0.1, -0.05) is 23.7 Å². The average Bonchev–Trinajstić information content (AvgIpc) is 2.35. The van der Waals surface area contributed by atoms with Gasteiger partial charge in [-0.15, -0.1) is 0 Å². The number of rotatable bonds is 4. The van der Waals surface area contributed by atoms with Crippen LogP contribution in [0.15, 0.2) is 42.5 Å². The second-order valence-corrected chi connectivity index (χ2v) is 4.26. The molecule has 0 fully saturated rings. The smallest absolute Gasteiger partial charge is 0.200 e. The Balaban J connectivity index is 2.04. The van der Waals surface area contributed by atoms with Crippen LogP contribution in [-0.4, -0.2) is 12.4 Å². The lowest BCUT2D eigenvalue weighted by Gasteiger charge is -2.06. The van der Waals surface area contributed by atoms with Crippen molar-refractivity contribution in [3.8, 4) is 5.75 Å². The Morgan fingerprint density at radius 2 is 1.79 bits per heavy atom. The monoisotopic (exact) mass is 282 g/mol. The summed E-state index contributed by atoms with van der Waals surface area (Å²) in [6.45, 7) is -0.316. The van der Waals surface area contributed by atoms with Gasteiger partial charge < -0.3 is 4.74 Å². The predicted molar refractivity (Wildman–Crippen MR) is 67.6 cm³/mol. The third-order valence-electron chi connectivity index (χ3n) is 2.35. The van der Waals surface area contributed by atoms with Gasteiger partial charge in [-0.25, -0.2) is 8.78 Å². The molecule has 0 unspecified atom stereocenters. The summed E-state index contributed by atoms with van der Waals surface area (Å²) in [5.41, 5.74) is 0.379. The summed E-state index contributed by atoms with van der Waals surface area (Å²) >= 11 is 5.76. The number of hydrogen-bond donors (Lipinski definition) is 0. The number of carbonyl (C=O) groups excluding carboxylic acids is 1. The van der Waals surface area contributed by atoms with Crippen molar-refractivity contribution in [1.82, 2.24) is 0 Å². The molecule has 0 atom stereocenters. The molecule has 2 aromatic carbocycles. The van der Waals surface area contributed by atoms with Crippen LogP contribution in [0.4, 0.5) is 8.78 Å². The molecule has 0 spiro atoms. The molecule has 0 aromatic heterocycles. The van der Waals surface area contributed by atoms with E-state index in [0.29, 0.717) is 10.6 Å². The Morgan fingerprint density at radius 1 is 1.11 bits per heavy atom. The van der Waals surface area contributed by atoms with Crippen molar-refractivity contribution in [2.75, 3.05) is 6.61 Å². The zero-order valence-electron chi connectivity index (χ0n) is 9.70. The summed E-state index contributed by atoms with van der Waals surface area (Å²) in [5, 5.41) is 0.433. The minimum Gasteiger partial charge on any atom is -0.485 e. The van der Waals surface area contributed by atoms with Crippen LogP contribution in [0, 0.1) is 11.6 Å². The van der Waals surface area contributed by atoms with Gasteiger partial charge in [0.15, 0.2) is 12.4 Å². The Labute approximate surface area is 113 Å². The lowest BCUT2D eigenvalue weighted by molar-refractivity contribution is 0.0921. The maximum Gasteiger partial charge on any atom is 0.200 e.